The largest absolute Gasteiger partial charge is 0.313 e. The van der Waals surface area contributed by atoms with Crippen LogP contribution in [-0.4, -0.2) is 6.54 Å². The number of hydrogen-bond donors (Lipinski definition) is 1. The van der Waals surface area contributed by atoms with Gasteiger partial charge in [-0.15, -0.1) is 0 Å². The number of hydrogen-bond acceptors (Lipinski definition) is 1. The van der Waals surface area contributed by atoms with E-state index >= 15 is 0 Å². The lowest BCUT2D eigenvalue weighted by Crippen LogP contribution is -2.15. The number of rotatable bonds is 6. The van der Waals surface area contributed by atoms with E-state index in [1.807, 2.05) is 12.1 Å². The SMILES string of the molecule is CC(C)CCCNCc1ccc(Br)c(Cl)c1. The number of halogens is 2. The highest BCUT2D eigenvalue weighted by Crippen LogP contribution is 2.23. The second kappa shape index (κ2) is 7.31. The standard InChI is InChI=1S/C13H19BrClN/c1-10(2)4-3-7-16-9-11-5-6-12(14)13(15)8-11/h5-6,8,10,16H,3-4,7,9H2,1-2H3. The first-order valence-electron chi connectivity index (χ1n) is 5.74. The Bertz CT molecular complexity index is 326. The molecule has 0 fully saturated rings. The summed E-state index contributed by atoms with van der Waals surface area (Å²) in [6.07, 6.45) is 2.52. The smallest absolute Gasteiger partial charge is 0.0551 e. The summed E-state index contributed by atoms with van der Waals surface area (Å²) in [4.78, 5) is 0. The molecule has 0 aliphatic rings. The molecule has 0 amide bonds. The zero-order chi connectivity index (χ0) is 12.0. The molecule has 1 rings (SSSR count). The summed E-state index contributed by atoms with van der Waals surface area (Å²) in [6, 6.07) is 6.08. The molecule has 0 bridgehead atoms. The summed E-state index contributed by atoms with van der Waals surface area (Å²) in [7, 11) is 0. The van der Waals surface area contributed by atoms with E-state index < -0.39 is 0 Å². The Kier molecular flexibility index (Phi) is 6.40. The van der Waals surface area contributed by atoms with Gasteiger partial charge in [0.15, 0.2) is 0 Å². The van der Waals surface area contributed by atoms with Crippen LogP contribution < -0.4 is 5.32 Å². The van der Waals surface area contributed by atoms with E-state index in [0.29, 0.717) is 0 Å². The normalized spacial score (nSPS) is 11.1. The van der Waals surface area contributed by atoms with Crippen LogP contribution in [0.4, 0.5) is 0 Å². The maximum Gasteiger partial charge on any atom is 0.0551 e. The Morgan fingerprint density at radius 1 is 1.38 bits per heavy atom. The molecule has 0 radical (unpaired) electrons. The molecule has 3 heteroatoms. The maximum atomic E-state index is 6.02. The summed E-state index contributed by atoms with van der Waals surface area (Å²) in [6.45, 7) is 6.49. The van der Waals surface area contributed by atoms with E-state index in [1.54, 1.807) is 0 Å². The molecule has 0 heterocycles. The van der Waals surface area contributed by atoms with Crippen molar-refractivity contribution in [1.82, 2.24) is 5.32 Å². The van der Waals surface area contributed by atoms with Gasteiger partial charge in [-0.2, -0.15) is 0 Å². The van der Waals surface area contributed by atoms with E-state index in [1.165, 1.54) is 18.4 Å². The molecule has 0 aliphatic heterocycles. The molecule has 0 saturated heterocycles. The minimum atomic E-state index is 0.779. The highest BCUT2D eigenvalue weighted by atomic mass is 79.9. The fourth-order valence-corrected chi connectivity index (χ4v) is 1.97. The van der Waals surface area contributed by atoms with Crippen LogP contribution in [-0.2, 0) is 6.54 Å². The van der Waals surface area contributed by atoms with E-state index in [2.05, 4.69) is 41.2 Å². The van der Waals surface area contributed by atoms with E-state index in [-0.39, 0.29) is 0 Å². The first kappa shape index (κ1) is 14.0. The Hall–Kier alpha value is -0.0500. The van der Waals surface area contributed by atoms with Crippen molar-refractivity contribution in [1.29, 1.82) is 0 Å². The van der Waals surface area contributed by atoms with Gasteiger partial charge in [-0.1, -0.05) is 31.5 Å². The predicted molar refractivity (Wildman–Crippen MR) is 74.9 cm³/mol. The third kappa shape index (κ3) is 5.33. The molecule has 0 aliphatic carbocycles. The second-order valence-corrected chi connectivity index (χ2v) is 5.72. The van der Waals surface area contributed by atoms with Gasteiger partial charge in [0.2, 0.25) is 0 Å². The summed E-state index contributed by atoms with van der Waals surface area (Å²) in [5, 5.41) is 4.21. The molecule has 1 N–H and O–H groups in total. The minimum Gasteiger partial charge on any atom is -0.313 e. The molecule has 0 atom stereocenters. The topological polar surface area (TPSA) is 12.0 Å². The van der Waals surface area contributed by atoms with Crippen LogP contribution in [0.15, 0.2) is 22.7 Å². The summed E-state index contributed by atoms with van der Waals surface area (Å²) in [5.41, 5.74) is 1.23. The number of nitrogens with one attached hydrogen (secondary N) is 1. The van der Waals surface area contributed by atoms with Gasteiger partial charge in [-0.05, 0) is 58.9 Å². The second-order valence-electron chi connectivity index (χ2n) is 4.46. The maximum absolute atomic E-state index is 6.02. The molecular weight excluding hydrogens is 286 g/mol. The third-order valence-electron chi connectivity index (χ3n) is 2.45. The van der Waals surface area contributed by atoms with Gasteiger partial charge in [-0.25, -0.2) is 0 Å². The Labute approximate surface area is 112 Å². The monoisotopic (exact) mass is 303 g/mol. The highest BCUT2D eigenvalue weighted by molar-refractivity contribution is 9.10. The van der Waals surface area contributed by atoms with Crippen LogP contribution in [0.2, 0.25) is 5.02 Å². The van der Waals surface area contributed by atoms with Crippen molar-refractivity contribution >= 4 is 27.5 Å². The molecule has 0 spiro atoms. The van der Waals surface area contributed by atoms with Crippen LogP contribution in [0.5, 0.6) is 0 Å². The average molecular weight is 305 g/mol. The molecule has 16 heavy (non-hydrogen) atoms. The van der Waals surface area contributed by atoms with Crippen molar-refractivity contribution in [3.05, 3.63) is 33.3 Å². The lowest BCUT2D eigenvalue weighted by Gasteiger charge is -2.07. The zero-order valence-electron chi connectivity index (χ0n) is 9.89. The van der Waals surface area contributed by atoms with Gasteiger partial charge in [0.25, 0.3) is 0 Å². The van der Waals surface area contributed by atoms with Gasteiger partial charge in [0.05, 0.1) is 5.02 Å². The molecule has 0 unspecified atom stereocenters. The van der Waals surface area contributed by atoms with Crippen LogP contribution in [0.25, 0.3) is 0 Å². The molecule has 1 aromatic rings. The first-order chi connectivity index (χ1) is 7.59. The van der Waals surface area contributed by atoms with E-state index in [9.17, 15) is 0 Å². The first-order valence-corrected chi connectivity index (χ1v) is 6.91. The van der Waals surface area contributed by atoms with Crippen LogP contribution >= 0.6 is 27.5 Å². The molecule has 0 aromatic heterocycles. The molecular formula is C13H19BrClN. The Balaban J connectivity index is 2.24. The fourth-order valence-electron chi connectivity index (χ4n) is 1.52. The average Bonchev–Trinajstić information content (AvgIpc) is 2.22. The Morgan fingerprint density at radius 3 is 2.75 bits per heavy atom. The van der Waals surface area contributed by atoms with Crippen molar-refractivity contribution in [3.63, 3.8) is 0 Å². The van der Waals surface area contributed by atoms with Crippen LogP contribution in [0.1, 0.15) is 32.3 Å². The van der Waals surface area contributed by atoms with Crippen molar-refractivity contribution in [2.45, 2.75) is 33.2 Å². The van der Waals surface area contributed by atoms with Crippen molar-refractivity contribution < 1.29 is 0 Å². The van der Waals surface area contributed by atoms with Crippen molar-refractivity contribution in [2.75, 3.05) is 6.54 Å². The molecule has 0 saturated carbocycles. The summed E-state index contributed by atoms with van der Waals surface area (Å²) >= 11 is 9.41. The predicted octanol–water partition coefficient (Wildman–Crippen LogP) is 4.63. The van der Waals surface area contributed by atoms with Crippen molar-refractivity contribution in [3.8, 4) is 0 Å². The number of benzene rings is 1. The van der Waals surface area contributed by atoms with E-state index in [0.717, 1.165) is 28.5 Å². The highest BCUT2D eigenvalue weighted by Gasteiger charge is 1.99. The lowest BCUT2D eigenvalue weighted by atomic mass is 10.1. The minimum absolute atomic E-state index is 0.779. The fraction of sp³-hybridized carbons (Fsp3) is 0.538. The Morgan fingerprint density at radius 2 is 2.12 bits per heavy atom. The molecule has 1 aromatic carbocycles. The van der Waals surface area contributed by atoms with Crippen LogP contribution in [0, 0.1) is 5.92 Å². The van der Waals surface area contributed by atoms with Gasteiger partial charge in [0.1, 0.15) is 0 Å². The quantitative estimate of drug-likeness (QED) is 0.756. The van der Waals surface area contributed by atoms with Gasteiger partial charge < -0.3 is 5.32 Å². The van der Waals surface area contributed by atoms with Crippen molar-refractivity contribution in [2.24, 2.45) is 5.92 Å². The zero-order valence-corrected chi connectivity index (χ0v) is 12.2. The van der Waals surface area contributed by atoms with E-state index in [4.69, 9.17) is 11.6 Å². The molecule has 1 nitrogen and oxygen atoms in total. The summed E-state index contributed by atoms with van der Waals surface area (Å²) < 4.78 is 0.956. The van der Waals surface area contributed by atoms with Gasteiger partial charge >= 0.3 is 0 Å². The molecule has 90 valence electrons. The van der Waals surface area contributed by atoms with Gasteiger partial charge in [-0.3, -0.25) is 0 Å². The third-order valence-corrected chi connectivity index (χ3v) is 3.68. The lowest BCUT2D eigenvalue weighted by molar-refractivity contribution is 0.527. The summed E-state index contributed by atoms with van der Waals surface area (Å²) in [5.74, 6) is 0.795. The van der Waals surface area contributed by atoms with Gasteiger partial charge in [0, 0.05) is 11.0 Å². The van der Waals surface area contributed by atoms with Crippen LogP contribution in [0.3, 0.4) is 0 Å².